The molecule has 0 bridgehead atoms. The van der Waals surface area contributed by atoms with Crippen LogP contribution in [0.2, 0.25) is 0 Å². The highest BCUT2D eigenvalue weighted by Crippen LogP contribution is 2.83. The van der Waals surface area contributed by atoms with E-state index in [1.165, 1.54) is 83.1 Å². The fourth-order valence-electron chi connectivity index (χ4n) is 22.0. The Morgan fingerprint density at radius 3 is 0.472 bits per heavy atom. The number of fused-ring (bicyclic) bond motifs is 12. The van der Waals surface area contributed by atoms with Crippen LogP contribution in [0.25, 0.3) is 52.9 Å². The summed E-state index contributed by atoms with van der Waals surface area (Å²) in [6.45, 7) is 20.8. The molecule has 0 N–H and O–H groups in total. The summed E-state index contributed by atoms with van der Waals surface area (Å²) in [5.41, 5.74) is -28.7. The number of hydrogen-bond acceptors (Lipinski definition) is 12. The second-order valence-corrected chi connectivity index (χ2v) is 54.8. The lowest BCUT2D eigenvalue weighted by Crippen LogP contribution is -2.49. The van der Waals surface area contributed by atoms with Crippen LogP contribution in [0.1, 0.15) is 128 Å². The molecule has 3 saturated carbocycles. The van der Waals surface area contributed by atoms with Crippen LogP contribution in [-0.4, -0.2) is 135 Å². The Hall–Kier alpha value is -6.12. The summed E-state index contributed by atoms with van der Waals surface area (Å²) in [6.07, 6.45) is 5.89. The van der Waals surface area contributed by atoms with E-state index in [-0.39, 0.29) is 68.4 Å². The number of halogens is 36. The Morgan fingerprint density at radius 2 is 0.310 bits per heavy atom. The maximum absolute atomic E-state index is 16.5. The molecule has 9 aliphatic carbocycles. The summed E-state index contributed by atoms with van der Waals surface area (Å²) in [7, 11) is 0. The SMILES string of the molecule is CC1=CC2=C3C(=C4C=C(C5=CC6=C7C(=C8C=C(C9=CC%10=C%11C(=C%12C=C(C)SC%12(C)C%10(C)S9)C(F)(F)C(F)(F)C%11(F)F)SC8(C)C6(C)S5)C(F)(F)C(F)(F)C7(F)F)SC4(C)C2(C)S1)C(F)(F)C(F)(F)C3(F)F.Cc1cc(C2=C(c3cc(-c4cc(C5=C(c6cc(-c7cc(C8=C(c9cc(C)sc9C)C(F)(F)C(F)(F)C8(F)F)c(C)s7)sc6C)C(F)(F)C(F)(F)C5(F)F)c(C)s4)sc3C)C(F)(F)C(F)(F)C2(F)F)c(C)s1. The Balaban J connectivity index is 0.000000174. The molecule has 0 radical (unpaired) electrons. The van der Waals surface area contributed by atoms with Crippen LogP contribution in [0.5, 0.6) is 0 Å². The van der Waals surface area contributed by atoms with Gasteiger partial charge < -0.3 is 0 Å². The van der Waals surface area contributed by atoms with Crippen LogP contribution >= 0.6 is 139 Å². The van der Waals surface area contributed by atoms with Crippen LogP contribution in [0.15, 0.2) is 169 Å². The first-order chi connectivity index (χ1) is 64.3. The first-order valence-electron chi connectivity index (χ1n) is 41.9. The number of aryl methyl sites for hydroxylation is 8. The topological polar surface area (TPSA) is 0 Å². The molecular formula is C94H60F36S12. The number of allylic oxidation sites excluding steroid dienone is 20. The summed E-state index contributed by atoms with van der Waals surface area (Å²) >= 11 is 8.57. The first-order valence-corrected chi connectivity index (χ1v) is 51.7. The van der Waals surface area contributed by atoms with Gasteiger partial charge >= 0.3 is 107 Å². The van der Waals surface area contributed by atoms with Crippen LogP contribution in [0.3, 0.4) is 0 Å². The number of rotatable bonds is 10. The fraction of sp³-hybridized carbons (Fsp3) is 0.426. The minimum absolute atomic E-state index is 0.0211. The van der Waals surface area contributed by atoms with Crippen molar-refractivity contribution in [2.45, 2.75) is 246 Å². The molecule has 6 aliphatic heterocycles. The molecule has 12 heterocycles. The number of hydrogen-bond donors (Lipinski definition) is 0. The van der Waals surface area contributed by atoms with Gasteiger partial charge in [0, 0.05) is 145 Å². The maximum Gasteiger partial charge on any atom is 0.380 e. The van der Waals surface area contributed by atoms with Crippen molar-refractivity contribution in [2.75, 3.05) is 0 Å². The Labute approximate surface area is 830 Å². The fourth-order valence-corrected chi connectivity index (χ4v) is 37.6. The van der Waals surface area contributed by atoms with Gasteiger partial charge in [0.25, 0.3) is 0 Å². The van der Waals surface area contributed by atoms with Crippen molar-refractivity contribution < 1.29 is 158 Å². The lowest BCUT2D eigenvalue weighted by Gasteiger charge is -2.48. The molecule has 6 unspecified atom stereocenters. The van der Waals surface area contributed by atoms with Crippen LogP contribution in [-0.2, 0) is 0 Å². The van der Waals surface area contributed by atoms with Gasteiger partial charge in [-0.2, -0.15) is 158 Å². The molecule has 6 aromatic rings. The largest absolute Gasteiger partial charge is 0.380 e. The van der Waals surface area contributed by atoms with Crippen molar-refractivity contribution in [3.8, 4) is 19.5 Å². The quantitative estimate of drug-likeness (QED) is 0.125. The third kappa shape index (κ3) is 11.6. The molecule has 0 amide bonds. The molecule has 142 heavy (non-hydrogen) atoms. The predicted molar refractivity (Wildman–Crippen MR) is 489 cm³/mol. The van der Waals surface area contributed by atoms with Crippen LogP contribution < -0.4 is 0 Å². The highest BCUT2D eigenvalue weighted by molar-refractivity contribution is 8.14. The van der Waals surface area contributed by atoms with Gasteiger partial charge in [0.05, 0.1) is 28.5 Å². The molecule has 15 aliphatic rings. The number of thiophene rings is 6. The minimum atomic E-state index is -6.12. The zero-order valence-electron chi connectivity index (χ0n) is 74.4. The highest BCUT2D eigenvalue weighted by atomic mass is 32.2. The van der Waals surface area contributed by atoms with E-state index in [1.807, 2.05) is 0 Å². The zero-order chi connectivity index (χ0) is 105. The lowest BCUT2D eigenvalue weighted by molar-refractivity contribution is -0.258. The highest BCUT2D eigenvalue weighted by Gasteiger charge is 2.90. The minimum Gasteiger partial charge on any atom is -0.194 e. The molecule has 6 aromatic heterocycles. The smallest absolute Gasteiger partial charge is 0.194 e. The van der Waals surface area contributed by atoms with Gasteiger partial charge in [0.1, 0.15) is 0 Å². The Morgan fingerprint density at radius 1 is 0.169 bits per heavy atom. The standard InChI is InChI=1S/2C47H30F18S6/c1-15-9-17-27-29(41(52,53)45(60,61)39(27,48)49)19-11-23(68-35(19,5)33(17,3)66-15)25-13-21-31-32(44(58,59)47(64,65)43(31,56)57)22-14-26(71-38(22,8)37(21,7)70-25)24-12-20-30-28(40(50,51)46(62,63)42(30,54)55)18-10-16(2)67-34(18,4)36(20,6)69-24;1-15-9-23(17(3)66-15)33-35(41(52,53)45(60,61)39(33,48)49)25-11-29(68-19(25)5)31-13-27(21(7)70-31)37-38(44(58,59)47(64,65)43(37,56)57)28-14-32(71-22(28)8)30-12-26(20(6)69-30)36-34(24-10-16(2)67-18(24)4)40(50,51)46(62,63)42(36,54)55/h2*9-14H,1-8H3. The lowest BCUT2D eigenvalue weighted by atomic mass is 9.71. The van der Waals surface area contributed by atoms with Crippen LogP contribution in [0, 0.1) is 55.4 Å². The molecule has 3 fully saturated rings. The van der Waals surface area contributed by atoms with Crippen molar-refractivity contribution in [3.05, 3.63) is 242 Å². The average molecular weight is 2260 g/mol. The number of alkyl halides is 36. The second-order valence-electron chi connectivity index (χ2n) is 37.7. The number of thioether (sulfide) groups is 6. The molecule has 48 heteroatoms. The van der Waals surface area contributed by atoms with Gasteiger partial charge in [0.2, 0.25) is 0 Å². The predicted octanol–water partition coefficient (Wildman–Crippen LogP) is 36.3. The van der Waals surface area contributed by atoms with E-state index in [0.717, 1.165) is 170 Å². The van der Waals surface area contributed by atoms with Gasteiger partial charge in [0.15, 0.2) is 0 Å². The van der Waals surface area contributed by atoms with Gasteiger partial charge in [-0.3, -0.25) is 0 Å². The van der Waals surface area contributed by atoms with E-state index >= 15 is 158 Å². The Bertz CT molecular complexity index is 6990. The third-order valence-corrected chi connectivity index (χ3v) is 46.1. The summed E-state index contributed by atoms with van der Waals surface area (Å²) in [6, 6.07) is 5.32. The summed E-state index contributed by atoms with van der Waals surface area (Å²) in [5.74, 6) is -102. The molecule has 0 saturated heterocycles. The average Bonchev–Trinajstić information content (AvgIpc) is 1.48. The summed E-state index contributed by atoms with van der Waals surface area (Å²) in [4.78, 5) is -1.21. The molecular weight excluding hydrogens is 2200 g/mol. The molecule has 0 spiro atoms. The Kier molecular flexibility index (Phi) is 21.2. The van der Waals surface area contributed by atoms with Gasteiger partial charge in [-0.1, -0.05) is 0 Å². The summed E-state index contributed by atoms with van der Waals surface area (Å²) < 4.78 is 557. The van der Waals surface area contributed by atoms with Gasteiger partial charge in [-0.25, -0.2) is 0 Å². The van der Waals surface area contributed by atoms with E-state index in [0.29, 0.717) is 88.4 Å². The van der Waals surface area contributed by atoms with E-state index in [2.05, 4.69) is 0 Å². The zero-order valence-corrected chi connectivity index (χ0v) is 84.2. The first kappa shape index (κ1) is 103. The van der Waals surface area contributed by atoms with Crippen molar-refractivity contribution in [2.24, 2.45) is 0 Å². The van der Waals surface area contributed by atoms with E-state index in [1.54, 1.807) is 0 Å². The van der Waals surface area contributed by atoms with Gasteiger partial charge in [-0.05, 0) is 260 Å². The van der Waals surface area contributed by atoms with Crippen molar-refractivity contribution in [1.29, 1.82) is 0 Å². The van der Waals surface area contributed by atoms with Crippen molar-refractivity contribution >= 4 is 172 Å². The van der Waals surface area contributed by atoms with Crippen molar-refractivity contribution in [1.82, 2.24) is 0 Å². The molecule has 0 nitrogen and oxygen atoms in total. The molecule has 760 valence electrons. The van der Waals surface area contributed by atoms with Crippen LogP contribution in [0.4, 0.5) is 158 Å². The molecule has 0 aromatic carbocycles. The monoisotopic (exact) mass is 2260 g/mol. The summed E-state index contributed by atoms with van der Waals surface area (Å²) in [5, 5.41) is 0. The molecule has 6 atom stereocenters. The van der Waals surface area contributed by atoms with E-state index < -0.39 is 269 Å². The van der Waals surface area contributed by atoms with E-state index in [9.17, 15) is 0 Å². The normalized spacial score (nSPS) is 32.1. The van der Waals surface area contributed by atoms with E-state index in [4.69, 9.17) is 0 Å². The van der Waals surface area contributed by atoms with Gasteiger partial charge in [-0.15, -0.1) is 139 Å². The van der Waals surface area contributed by atoms with Crippen molar-refractivity contribution in [3.63, 3.8) is 0 Å². The molecule has 21 rings (SSSR count). The third-order valence-electron chi connectivity index (χ3n) is 29.6. The maximum atomic E-state index is 16.5. The second kappa shape index (κ2) is 29.2.